The van der Waals surface area contributed by atoms with Gasteiger partial charge < -0.3 is 10.4 Å². The summed E-state index contributed by atoms with van der Waals surface area (Å²) >= 11 is 0. The molecule has 136 valence electrons. The number of aromatic nitrogens is 2. The quantitative estimate of drug-likeness (QED) is 0.843. The Labute approximate surface area is 150 Å². The third-order valence-corrected chi connectivity index (χ3v) is 4.33. The van der Waals surface area contributed by atoms with Gasteiger partial charge in [-0.1, -0.05) is 52.8 Å². The molecule has 1 unspecified atom stereocenters. The minimum absolute atomic E-state index is 0.0396. The number of benzene rings is 1. The fraction of sp³-hybridized carbons (Fsp3) is 0.500. The Balaban J connectivity index is 2.32. The Hall–Kier alpha value is -2.14. The zero-order chi connectivity index (χ0) is 18.6. The van der Waals surface area contributed by atoms with Gasteiger partial charge in [-0.25, -0.2) is 4.68 Å². The molecule has 1 aromatic carbocycles. The first kappa shape index (κ1) is 19.2. The molecule has 1 heterocycles. The molecule has 0 fully saturated rings. The van der Waals surface area contributed by atoms with Crippen LogP contribution >= 0.6 is 0 Å². The SMILES string of the molecule is CC(C)c1cc(C(=O)NC(CCO)C(C)(C)C)nn1-c1ccccc1. The average molecular weight is 343 g/mol. The molecule has 25 heavy (non-hydrogen) atoms. The number of nitrogens with zero attached hydrogens (tertiary/aromatic N) is 2. The average Bonchev–Trinajstić information content (AvgIpc) is 3.00. The molecule has 2 aromatic rings. The molecule has 0 spiro atoms. The van der Waals surface area contributed by atoms with Crippen LogP contribution in [0.5, 0.6) is 0 Å². The number of hydrogen-bond donors (Lipinski definition) is 2. The summed E-state index contributed by atoms with van der Waals surface area (Å²) in [6, 6.07) is 11.6. The molecule has 1 aromatic heterocycles. The Kier molecular flexibility index (Phi) is 6.01. The lowest BCUT2D eigenvalue weighted by Crippen LogP contribution is -2.44. The van der Waals surface area contributed by atoms with Crippen LogP contribution in [0, 0.1) is 5.41 Å². The van der Waals surface area contributed by atoms with Crippen molar-refractivity contribution in [2.45, 2.75) is 53.0 Å². The second-order valence-electron chi connectivity index (χ2n) is 7.76. The van der Waals surface area contributed by atoms with Gasteiger partial charge >= 0.3 is 0 Å². The van der Waals surface area contributed by atoms with Crippen molar-refractivity contribution in [3.05, 3.63) is 47.8 Å². The van der Waals surface area contributed by atoms with E-state index in [4.69, 9.17) is 0 Å². The van der Waals surface area contributed by atoms with Crippen molar-refractivity contribution in [3.8, 4) is 5.69 Å². The van der Waals surface area contributed by atoms with Crippen LogP contribution in [0.3, 0.4) is 0 Å². The maximum absolute atomic E-state index is 12.7. The van der Waals surface area contributed by atoms with Crippen LogP contribution in [0.25, 0.3) is 5.69 Å². The fourth-order valence-electron chi connectivity index (χ4n) is 2.78. The van der Waals surface area contributed by atoms with Crippen LogP contribution in [0.4, 0.5) is 0 Å². The Morgan fingerprint density at radius 2 is 1.88 bits per heavy atom. The van der Waals surface area contributed by atoms with Crippen LogP contribution in [-0.2, 0) is 0 Å². The van der Waals surface area contributed by atoms with Gasteiger partial charge in [0.25, 0.3) is 5.91 Å². The number of rotatable bonds is 6. The summed E-state index contributed by atoms with van der Waals surface area (Å²) in [4.78, 5) is 12.7. The predicted molar refractivity (Wildman–Crippen MR) is 100 cm³/mol. The summed E-state index contributed by atoms with van der Waals surface area (Å²) in [6.07, 6.45) is 0.520. The van der Waals surface area contributed by atoms with Gasteiger partial charge in [-0.3, -0.25) is 4.79 Å². The van der Waals surface area contributed by atoms with Crippen molar-refractivity contribution in [2.75, 3.05) is 6.61 Å². The highest BCUT2D eigenvalue weighted by Crippen LogP contribution is 2.23. The minimum atomic E-state index is -0.204. The largest absolute Gasteiger partial charge is 0.396 e. The number of aliphatic hydroxyl groups is 1. The maximum atomic E-state index is 12.7. The standard InChI is InChI=1S/C20H29N3O2/c1-14(2)17-13-16(22-23(17)15-9-7-6-8-10-15)19(25)21-18(11-12-24)20(3,4)5/h6-10,13-14,18,24H,11-12H2,1-5H3,(H,21,25). The van der Waals surface area contributed by atoms with E-state index in [0.29, 0.717) is 12.1 Å². The van der Waals surface area contributed by atoms with E-state index in [0.717, 1.165) is 11.4 Å². The number of para-hydroxylation sites is 1. The summed E-state index contributed by atoms with van der Waals surface area (Å²) in [7, 11) is 0. The molecule has 0 saturated heterocycles. The number of hydrogen-bond acceptors (Lipinski definition) is 3. The smallest absolute Gasteiger partial charge is 0.272 e. The predicted octanol–water partition coefficient (Wildman–Crippen LogP) is 3.52. The van der Waals surface area contributed by atoms with Crippen molar-refractivity contribution >= 4 is 5.91 Å². The normalized spacial score (nSPS) is 13.1. The Morgan fingerprint density at radius 1 is 1.24 bits per heavy atom. The molecule has 0 saturated carbocycles. The van der Waals surface area contributed by atoms with Gasteiger partial charge in [-0.2, -0.15) is 5.10 Å². The number of amides is 1. The first-order valence-electron chi connectivity index (χ1n) is 8.81. The highest BCUT2D eigenvalue weighted by Gasteiger charge is 2.27. The summed E-state index contributed by atoms with van der Waals surface area (Å²) in [5, 5.41) is 16.9. The minimum Gasteiger partial charge on any atom is -0.396 e. The van der Waals surface area contributed by atoms with Crippen LogP contribution in [0.2, 0.25) is 0 Å². The van der Waals surface area contributed by atoms with Gasteiger partial charge in [0.1, 0.15) is 0 Å². The van der Waals surface area contributed by atoms with Gasteiger partial charge in [-0.05, 0) is 36.0 Å². The topological polar surface area (TPSA) is 67.2 Å². The summed E-state index contributed by atoms with van der Waals surface area (Å²) in [6.45, 7) is 10.4. The van der Waals surface area contributed by atoms with Crippen molar-refractivity contribution in [3.63, 3.8) is 0 Å². The zero-order valence-electron chi connectivity index (χ0n) is 15.8. The van der Waals surface area contributed by atoms with E-state index >= 15 is 0 Å². The fourth-order valence-corrected chi connectivity index (χ4v) is 2.78. The van der Waals surface area contributed by atoms with E-state index < -0.39 is 0 Å². The highest BCUT2D eigenvalue weighted by atomic mass is 16.3. The van der Waals surface area contributed by atoms with E-state index in [2.05, 4.69) is 45.0 Å². The first-order valence-corrected chi connectivity index (χ1v) is 8.81. The molecule has 0 radical (unpaired) electrons. The Bertz CT molecular complexity index is 699. The molecular formula is C20H29N3O2. The van der Waals surface area contributed by atoms with Gasteiger partial charge in [0.15, 0.2) is 5.69 Å². The summed E-state index contributed by atoms with van der Waals surface area (Å²) in [5.41, 5.74) is 2.19. The monoisotopic (exact) mass is 343 g/mol. The number of aliphatic hydroxyl groups excluding tert-OH is 1. The molecule has 0 aliphatic rings. The van der Waals surface area contributed by atoms with Gasteiger partial charge in [0.2, 0.25) is 0 Å². The van der Waals surface area contributed by atoms with Crippen molar-refractivity contribution in [2.24, 2.45) is 5.41 Å². The van der Waals surface area contributed by atoms with Crippen LogP contribution < -0.4 is 5.32 Å². The molecule has 2 N–H and O–H groups in total. The van der Waals surface area contributed by atoms with Crippen LogP contribution in [0.15, 0.2) is 36.4 Å². The number of carbonyl (C=O) groups excluding carboxylic acids is 1. The lowest BCUT2D eigenvalue weighted by molar-refractivity contribution is 0.0879. The van der Waals surface area contributed by atoms with E-state index in [1.807, 2.05) is 41.1 Å². The third kappa shape index (κ3) is 4.69. The van der Waals surface area contributed by atoms with Crippen LogP contribution in [-0.4, -0.2) is 33.4 Å². The molecule has 2 rings (SSSR count). The van der Waals surface area contributed by atoms with Crippen molar-refractivity contribution in [1.82, 2.24) is 15.1 Å². The third-order valence-electron chi connectivity index (χ3n) is 4.33. The molecular weight excluding hydrogens is 314 g/mol. The first-order chi connectivity index (χ1) is 11.7. The molecule has 0 aliphatic heterocycles. The number of carbonyl (C=O) groups is 1. The molecule has 0 aliphatic carbocycles. The van der Waals surface area contributed by atoms with Crippen LogP contribution in [0.1, 0.15) is 63.1 Å². The lowest BCUT2D eigenvalue weighted by Gasteiger charge is -2.30. The zero-order valence-corrected chi connectivity index (χ0v) is 15.8. The van der Waals surface area contributed by atoms with Crippen molar-refractivity contribution in [1.29, 1.82) is 0 Å². The number of nitrogens with one attached hydrogen (secondary N) is 1. The highest BCUT2D eigenvalue weighted by molar-refractivity contribution is 5.92. The molecule has 5 nitrogen and oxygen atoms in total. The molecule has 1 atom stereocenters. The van der Waals surface area contributed by atoms with E-state index in [1.165, 1.54) is 0 Å². The Morgan fingerprint density at radius 3 is 2.40 bits per heavy atom. The van der Waals surface area contributed by atoms with E-state index in [9.17, 15) is 9.90 Å². The van der Waals surface area contributed by atoms with E-state index in [-0.39, 0.29) is 29.9 Å². The van der Waals surface area contributed by atoms with Gasteiger partial charge in [-0.15, -0.1) is 0 Å². The second kappa shape index (κ2) is 7.83. The second-order valence-corrected chi connectivity index (χ2v) is 7.76. The molecule has 5 heteroatoms. The summed E-state index contributed by atoms with van der Waals surface area (Å²) in [5.74, 6) is 0.0371. The van der Waals surface area contributed by atoms with E-state index in [1.54, 1.807) is 0 Å². The van der Waals surface area contributed by atoms with Gasteiger partial charge in [0.05, 0.1) is 5.69 Å². The lowest BCUT2D eigenvalue weighted by atomic mass is 9.85. The van der Waals surface area contributed by atoms with Gasteiger partial charge in [0, 0.05) is 18.3 Å². The van der Waals surface area contributed by atoms with Crippen molar-refractivity contribution < 1.29 is 9.90 Å². The maximum Gasteiger partial charge on any atom is 0.272 e. The summed E-state index contributed by atoms with van der Waals surface area (Å²) < 4.78 is 1.83. The molecule has 0 bridgehead atoms. The molecule has 1 amide bonds.